The predicted molar refractivity (Wildman–Crippen MR) is 56.1 cm³/mol. The van der Waals surface area contributed by atoms with Gasteiger partial charge in [-0.1, -0.05) is 30.9 Å². The van der Waals surface area contributed by atoms with Crippen LogP contribution in [0.5, 0.6) is 5.75 Å². The standard InChI is InChI=1S/C12H14O2/c1-3-4-7-11-8-5-6-9-12(11)14-10-13-2/h5-6,8-9H,3,10H2,1-2H3. The molecule has 0 aliphatic heterocycles. The van der Waals surface area contributed by atoms with Gasteiger partial charge in [0, 0.05) is 13.5 Å². The van der Waals surface area contributed by atoms with Gasteiger partial charge < -0.3 is 9.47 Å². The van der Waals surface area contributed by atoms with Gasteiger partial charge in [-0.2, -0.15) is 0 Å². The number of hydrogen-bond acceptors (Lipinski definition) is 2. The van der Waals surface area contributed by atoms with E-state index in [1.165, 1.54) is 0 Å². The van der Waals surface area contributed by atoms with Crippen molar-refractivity contribution in [3.8, 4) is 17.6 Å². The highest BCUT2D eigenvalue weighted by Gasteiger charge is 1.98. The van der Waals surface area contributed by atoms with Crippen molar-refractivity contribution in [2.24, 2.45) is 0 Å². The van der Waals surface area contributed by atoms with E-state index in [2.05, 4.69) is 11.8 Å². The molecule has 0 bridgehead atoms. The van der Waals surface area contributed by atoms with Gasteiger partial charge in [-0.25, -0.2) is 0 Å². The van der Waals surface area contributed by atoms with Gasteiger partial charge in [0.15, 0.2) is 6.79 Å². The minimum Gasteiger partial charge on any atom is -0.466 e. The topological polar surface area (TPSA) is 18.5 Å². The van der Waals surface area contributed by atoms with Crippen LogP contribution in [0.25, 0.3) is 0 Å². The third kappa shape index (κ3) is 3.12. The summed E-state index contributed by atoms with van der Waals surface area (Å²) in [5.74, 6) is 6.83. The zero-order chi connectivity index (χ0) is 10.2. The van der Waals surface area contributed by atoms with Gasteiger partial charge in [0.05, 0.1) is 5.56 Å². The fourth-order valence-corrected chi connectivity index (χ4v) is 1.00. The summed E-state index contributed by atoms with van der Waals surface area (Å²) < 4.78 is 10.2. The Morgan fingerprint density at radius 3 is 2.79 bits per heavy atom. The smallest absolute Gasteiger partial charge is 0.188 e. The van der Waals surface area contributed by atoms with Crippen LogP contribution in [0.2, 0.25) is 0 Å². The van der Waals surface area contributed by atoms with E-state index >= 15 is 0 Å². The normalized spacial score (nSPS) is 9.00. The van der Waals surface area contributed by atoms with Gasteiger partial charge in [-0.15, -0.1) is 0 Å². The van der Waals surface area contributed by atoms with Gasteiger partial charge in [0.2, 0.25) is 0 Å². The molecule has 1 aromatic carbocycles. The number of hydrogen-bond donors (Lipinski definition) is 0. The highest BCUT2D eigenvalue weighted by molar-refractivity contribution is 5.45. The van der Waals surface area contributed by atoms with Crippen LogP contribution in [0.15, 0.2) is 24.3 Å². The molecule has 1 rings (SSSR count). The molecule has 1 aromatic rings. The van der Waals surface area contributed by atoms with Crippen molar-refractivity contribution in [1.82, 2.24) is 0 Å². The number of methoxy groups -OCH3 is 1. The predicted octanol–water partition coefficient (Wildman–Crippen LogP) is 2.43. The van der Waals surface area contributed by atoms with E-state index < -0.39 is 0 Å². The molecule has 2 nitrogen and oxygen atoms in total. The fourth-order valence-electron chi connectivity index (χ4n) is 1.00. The lowest BCUT2D eigenvalue weighted by molar-refractivity contribution is 0.0509. The number of ether oxygens (including phenoxy) is 2. The molecule has 14 heavy (non-hydrogen) atoms. The van der Waals surface area contributed by atoms with Gasteiger partial charge in [0.1, 0.15) is 5.75 Å². The monoisotopic (exact) mass is 190 g/mol. The molecular weight excluding hydrogens is 176 g/mol. The molecule has 0 amide bonds. The van der Waals surface area contributed by atoms with Crippen molar-refractivity contribution in [3.05, 3.63) is 29.8 Å². The Bertz CT molecular complexity index is 334. The lowest BCUT2D eigenvalue weighted by Crippen LogP contribution is -2.00. The van der Waals surface area contributed by atoms with Crippen LogP contribution in [0.4, 0.5) is 0 Å². The van der Waals surface area contributed by atoms with Crippen molar-refractivity contribution in [2.75, 3.05) is 13.9 Å². The maximum atomic E-state index is 5.36. The molecule has 2 heteroatoms. The SMILES string of the molecule is CCC#Cc1ccccc1OCOC. The molecule has 74 valence electrons. The van der Waals surface area contributed by atoms with Crippen LogP contribution in [0, 0.1) is 11.8 Å². The summed E-state index contributed by atoms with van der Waals surface area (Å²) in [7, 11) is 1.60. The van der Waals surface area contributed by atoms with Crippen molar-refractivity contribution < 1.29 is 9.47 Å². The van der Waals surface area contributed by atoms with E-state index in [0.717, 1.165) is 17.7 Å². The quantitative estimate of drug-likeness (QED) is 0.538. The third-order valence-corrected chi connectivity index (χ3v) is 1.62. The molecule has 0 N–H and O–H groups in total. The lowest BCUT2D eigenvalue weighted by atomic mass is 10.2. The maximum absolute atomic E-state index is 5.36. The summed E-state index contributed by atoms with van der Waals surface area (Å²) in [5.41, 5.74) is 0.909. The zero-order valence-corrected chi connectivity index (χ0v) is 8.54. The second-order valence-electron chi connectivity index (χ2n) is 2.70. The summed E-state index contributed by atoms with van der Waals surface area (Å²) in [6.45, 7) is 2.27. The summed E-state index contributed by atoms with van der Waals surface area (Å²) >= 11 is 0. The lowest BCUT2D eigenvalue weighted by Gasteiger charge is -2.05. The van der Waals surface area contributed by atoms with E-state index in [4.69, 9.17) is 9.47 Å². The van der Waals surface area contributed by atoms with Crippen LogP contribution >= 0.6 is 0 Å². The molecule has 0 aliphatic rings. The largest absolute Gasteiger partial charge is 0.466 e. The first-order chi connectivity index (χ1) is 6.88. The molecule has 0 saturated carbocycles. The minimum absolute atomic E-state index is 0.255. The van der Waals surface area contributed by atoms with Crippen molar-refractivity contribution in [3.63, 3.8) is 0 Å². The summed E-state index contributed by atoms with van der Waals surface area (Å²) in [5, 5.41) is 0. The van der Waals surface area contributed by atoms with Gasteiger partial charge in [-0.05, 0) is 12.1 Å². The number of benzene rings is 1. The fraction of sp³-hybridized carbons (Fsp3) is 0.333. The Morgan fingerprint density at radius 2 is 2.07 bits per heavy atom. The van der Waals surface area contributed by atoms with E-state index in [0.29, 0.717) is 0 Å². The van der Waals surface area contributed by atoms with Crippen molar-refractivity contribution in [1.29, 1.82) is 0 Å². The van der Waals surface area contributed by atoms with Crippen molar-refractivity contribution >= 4 is 0 Å². The highest BCUT2D eigenvalue weighted by atomic mass is 16.7. The second kappa shape index (κ2) is 6.06. The Hall–Kier alpha value is -1.46. The van der Waals surface area contributed by atoms with E-state index in [9.17, 15) is 0 Å². The first kappa shape index (κ1) is 10.6. The molecule has 0 fully saturated rings. The van der Waals surface area contributed by atoms with E-state index in [-0.39, 0.29) is 6.79 Å². The molecule has 0 spiro atoms. The first-order valence-corrected chi connectivity index (χ1v) is 4.58. The minimum atomic E-state index is 0.255. The Morgan fingerprint density at radius 1 is 1.29 bits per heavy atom. The van der Waals surface area contributed by atoms with E-state index in [1.54, 1.807) is 7.11 Å². The van der Waals surface area contributed by atoms with Gasteiger partial charge in [0.25, 0.3) is 0 Å². The van der Waals surface area contributed by atoms with Crippen LogP contribution in [0.1, 0.15) is 18.9 Å². The molecule has 0 aliphatic carbocycles. The van der Waals surface area contributed by atoms with Crippen LogP contribution in [-0.2, 0) is 4.74 Å². The average Bonchev–Trinajstić information content (AvgIpc) is 2.24. The Kier molecular flexibility index (Phi) is 4.60. The summed E-state index contributed by atoms with van der Waals surface area (Å²) in [6.07, 6.45) is 0.846. The maximum Gasteiger partial charge on any atom is 0.188 e. The molecule has 0 radical (unpaired) electrons. The van der Waals surface area contributed by atoms with Gasteiger partial charge in [-0.3, -0.25) is 0 Å². The second-order valence-corrected chi connectivity index (χ2v) is 2.70. The molecule has 0 saturated heterocycles. The summed E-state index contributed by atoms with van der Waals surface area (Å²) in [6, 6.07) is 7.69. The molecule has 0 heterocycles. The van der Waals surface area contributed by atoms with E-state index in [1.807, 2.05) is 31.2 Å². The number of rotatable bonds is 3. The first-order valence-electron chi connectivity index (χ1n) is 4.58. The molecular formula is C12H14O2. The molecule has 0 atom stereocenters. The molecule has 0 unspecified atom stereocenters. The van der Waals surface area contributed by atoms with Crippen LogP contribution < -0.4 is 4.74 Å². The Balaban J connectivity index is 2.80. The van der Waals surface area contributed by atoms with Crippen LogP contribution in [0.3, 0.4) is 0 Å². The third-order valence-electron chi connectivity index (χ3n) is 1.62. The zero-order valence-electron chi connectivity index (χ0n) is 8.54. The average molecular weight is 190 g/mol. The highest BCUT2D eigenvalue weighted by Crippen LogP contribution is 2.16. The Labute approximate surface area is 84.8 Å². The summed E-state index contributed by atoms with van der Waals surface area (Å²) in [4.78, 5) is 0. The van der Waals surface area contributed by atoms with Gasteiger partial charge >= 0.3 is 0 Å². The number of para-hydroxylation sites is 1. The van der Waals surface area contributed by atoms with Crippen molar-refractivity contribution in [2.45, 2.75) is 13.3 Å². The van der Waals surface area contributed by atoms with Crippen LogP contribution in [-0.4, -0.2) is 13.9 Å². The molecule has 0 aromatic heterocycles.